The summed E-state index contributed by atoms with van der Waals surface area (Å²) >= 11 is 1.45. The van der Waals surface area contributed by atoms with Gasteiger partial charge in [-0.05, 0) is 50.7 Å². The predicted octanol–water partition coefficient (Wildman–Crippen LogP) is 3.34. The molecular formula is C25H30N4O4S. The van der Waals surface area contributed by atoms with Crippen molar-refractivity contribution in [3.05, 3.63) is 68.9 Å². The van der Waals surface area contributed by atoms with Gasteiger partial charge in [-0.2, -0.15) is 4.99 Å². The Hall–Kier alpha value is -3.17. The lowest BCUT2D eigenvalue weighted by molar-refractivity contribution is 0.0610. The van der Waals surface area contributed by atoms with Crippen LogP contribution in [-0.2, 0) is 6.54 Å². The molecule has 1 aliphatic heterocycles. The van der Waals surface area contributed by atoms with E-state index >= 15 is 0 Å². The van der Waals surface area contributed by atoms with Gasteiger partial charge in [0.1, 0.15) is 11.5 Å². The first-order chi connectivity index (χ1) is 16.4. The van der Waals surface area contributed by atoms with Crippen LogP contribution in [0.1, 0.15) is 44.2 Å². The van der Waals surface area contributed by atoms with E-state index in [0.717, 1.165) is 30.2 Å². The zero-order chi connectivity index (χ0) is 24.2. The second-order valence-corrected chi connectivity index (χ2v) is 9.44. The number of amides is 2. The quantitative estimate of drug-likeness (QED) is 0.538. The number of hydrogen-bond acceptors (Lipinski definition) is 6. The van der Waals surface area contributed by atoms with Crippen molar-refractivity contribution in [1.29, 1.82) is 0 Å². The molecule has 0 N–H and O–H groups in total. The number of aryl methyl sites for hydroxylation is 1. The molecule has 1 aliphatic rings. The summed E-state index contributed by atoms with van der Waals surface area (Å²) in [6.45, 7) is 10.7. The van der Waals surface area contributed by atoms with Crippen LogP contribution in [0.25, 0.3) is 0 Å². The van der Waals surface area contributed by atoms with Gasteiger partial charge < -0.3 is 23.5 Å². The maximum atomic E-state index is 12.9. The molecular weight excluding hydrogens is 452 g/mol. The Bertz CT molecular complexity index is 1250. The first kappa shape index (κ1) is 24.0. The van der Waals surface area contributed by atoms with E-state index < -0.39 is 0 Å². The van der Waals surface area contributed by atoms with Crippen LogP contribution in [0.5, 0.6) is 5.75 Å². The largest absolute Gasteiger partial charge is 0.497 e. The Morgan fingerprint density at radius 1 is 1.12 bits per heavy atom. The lowest BCUT2D eigenvalue weighted by atomic mass is 10.2. The second kappa shape index (κ2) is 10.4. The SMILES string of the molecule is CCN1CCN(C(=O)c2ccc(Cn3c(C)c(C)sc3=NC(=O)c3cccc(OC)c3)o2)CC1. The smallest absolute Gasteiger partial charge is 0.289 e. The molecule has 1 aromatic carbocycles. The van der Waals surface area contributed by atoms with E-state index in [4.69, 9.17) is 9.15 Å². The van der Waals surface area contributed by atoms with E-state index in [1.807, 2.05) is 29.4 Å². The minimum Gasteiger partial charge on any atom is -0.497 e. The summed E-state index contributed by atoms with van der Waals surface area (Å²) in [5.41, 5.74) is 1.46. The number of carbonyl (C=O) groups excluding carboxylic acids is 2. The van der Waals surface area contributed by atoms with Crippen molar-refractivity contribution >= 4 is 23.2 Å². The summed E-state index contributed by atoms with van der Waals surface area (Å²) in [6.07, 6.45) is 0. The van der Waals surface area contributed by atoms with Crippen LogP contribution in [0.3, 0.4) is 0 Å². The molecule has 1 saturated heterocycles. The average molecular weight is 483 g/mol. The second-order valence-electron chi connectivity index (χ2n) is 8.25. The first-order valence-electron chi connectivity index (χ1n) is 11.4. The Morgan fingerprint density at radius 3 is 2.59 bits per heavy atom. The molecule has 0 radical (unpaired) electrons. The molecule has 0 bridgehead atoms. The van der Waals surface area contributed by atoms with Crippen LogP contribution < -0.4 is 9.54 Å². The van der Waals surface area contributed by atoms with Crippen LogP contribution in [0.15, 0.2) is 45.8 Å². The van der Waals surface area contributed by atoms with Crippen molar-refractivity contribution in [1.82, 2.24) is 14.4 Å². The van der Waals surface area contributed by atoms with Crippen molar-refractivity contribution in [2.24, 2.45) is 4.99 Å². The number of piperazine rings is 1. The highest BCUT2D eigenvalue weighted by Crippen LogP contribution is 2.17. The van der Waals surface area contributed by atoms with E-state index in [9.17, 15) is 9.59 Å². The van der Waals surface area contributed by atoms with Crippen LogP contribution in [0.2, 0.25) is 0 Å². The number of ether oxygens (including phenoxy) is 1. The third-order valence-corrected chi connectivity index (χ3v) is 7.29. The number of nitrogens with zero attached hydrogens (tertiary/aromatic N) is 4. The topological polar surface area (TPSA) is 80.3 Å². The zero-order valence-electron chi connectivity index (χ0n) is 20.0. The Labute approximate surface area is 203 Å². The number of aromatic nitrogens is 1. The van der Waals surface area contributed by atoms with Crippen LogP contribution in [0, 0.1) is 13.8 Å². The molecule has 0 spiro atoms. The molecule has 1 fully saturated rings. The molecule has 2 aromatic heterocycles. The third-order valence-electron chi connectivity index (χ3n) is 6.20. The Morgan fingerprint density at radius 2 is 1.88 bits per heavy atom. The monoisotopic (exact) mass is 482 g/mol. The van der Waals surface area contributed by atoms with Crippen LogP contribution >= 0.6 is 11.3 Å². The highest BCUT2D eigenvalue weighted by atomic mass is 32.1. The van der Waals surface area contributed by atoms with E-state index in [1.54, 1.807) is 37.4 Å². The predicted molar refractivity (Wildman–Crippen MR) is 130 cm³/mol. The number of methoxy groups -OCH3 is 1. The van der Waals surface area contributed by atoms with E-state index in [0.29, 0.717) is 47.3 Å². The maximum Gasteiger partial charge on any atom is 0.289 e. The van der Waals surface area contributed by atoms with Crippen molar-refractivity contribution in [2.45, 2.75) is 27.3 Å². The molecule has 9 heteroatoms. The summed E-state index contributed by atoms with van der Waals surface area (Å²) in [4.78, 5) is 35.9. The molecule has 3 aromatic rings. The number of benzene rings is 1. The molecule has 3 heterocycles. The highest BCUT2D eigenvalue weighted by Gasteiger charge is 2.24. The van der Waals surface area contributed by atoms with Gasteiger partial charge in [0.05, 0.1) is 13.7 Å². The molecule has 0 aliphatic carbocycles. The van der Waals surface area contributed by atoms with Gasteiger partial charge in [0, 0.05) is 42.3 Å². The molecule has 0 unspecified atom stereocenters. The van der Waals surface area contributed by atoms with Crippen LogP contribution in [0.4, 0.5) is 0 Å². The van der Waals surface area contributed by atoms with Gasteiger partial charge >= 0.3 is 0 Å². The zero-order valence-corrected chi connectivity index (χ0v) is 20.9. The van der Waals surface area contributed by atoms with Gasteiger partial charge in [0.25, 0.3) is 11.8 Å². The maximum absolute atomic E-state index is 12.9. The summed E-state index contributed by atoms with van der Waals surface area (Å²) in [5.74, 6) is 1.18. The fourth-order valence-electron chi connectivity index (χ4n) is 3.93. The Kier molecular flexibility index (Phi) is 7.33. The number of furan rings is 1. The van der Waals surface area contributed by atoms with Gasteiger partial charge in [-0.3, -0.25) is 9.59 Å². The van der Waals surface area contributed by atoms with Crippen molar-refractivity contribution in [2.75, 3.05) is 39.8 Å². The van der Waals surface area contributed by atoms with Gasteiger partial charge in [0.2, 0.25) is 0 Å². The molecule has 34 heavy (non-hydrogen) atoms. The van der Waals surface area contributed by atoms with E-state index in [1.165, 1.54) is 11.3 Å². The normalized spacial score (nSPS) is 15.1. The Balaban J connectivity index is 1.54. The highest BCUT2D eigenvalue weighted by molar-refractivity contribution is 7.09. The number of rotatable bonds is 6. The van der Waals surface area contributed by atoms with Crippen molar-refractivity contribution in [3.63, 3.8) is 0 Å². The first-order valence-corrected chi connectivity index (χ1v) is 12.2. The number of carbonyl (C=O) groups is 2. The summed E-state index contributed by atoms with van der Waals surface area (Å²) in [6, 6.07) is 10.5. The third kappa shape index (κ3) is 5.15. The van der Waals surface area contributed by atoms with Crippen LogP contribution in [-0.4, -0.2) is 66.0 Å². The summed E-state index contributed by atoms with van der Waals surface area (Å²) in [7, 11) is 1.56. The molecule has 0 saturated carbocycles. The van der Waals surface area contributed by atoms with Gasteiger partial charge in [-0.1, -0.05) is 13.0 Å². The number of likely N-dealkylation sites (N-methyl/N-ethyl adjacent to an activating group) is 1. The minimum atomic E-state index is -0.338. The molecule has 4 rings (SSSR count). The number of hydrogen-bond donors (Lipinski definition) is 0. The fourth-order valence-corrected chi connectivity index (χ4v) is 4.90. The standard InChI is InChI=1S/C25H30N4O4S/c1-5-27-11-13-28(14-12-27)24(31)22-10-9-21(33-22)16-29-17(2)18(3)34-25(29)26-23(30)19-7-6-8-20(15-19)32-4/h6-10,15H,5,11-14,16H2,1-4H3. The molecule has 0 atom stereocenters. The van der Waals surface area contributed by atoms with Crippen molar-refractivity contribution < 1.29 is 18.7 Å². The van der Waals surface area contributed by atoms with E-state index in [-0.39, 0.29) is 11.8 Å². The molecule has 180 valence electrons. The molecule has 2 amide bonds. The minimum absolute atomic E-state index is 0.0802. The summed E-state index contributed by atoms with van der Waals surface area (Å²) < 4.78 is 13.1. The van der Waals surface area contributed by atoms with E-state index in [2.05, 4.69) is 16.8 Å². The van der Waals surface area contributed by atoms with Crippen molar-refractivity contribution in [3.8, 4) is 5.75 Å². The average Bonchev–Trinajstić information content (AvgIpc) is 3.44. The lowest BCUT2D eigenvalue weighted by Gasteiger charge is -2.33. The molecule has 8 nitrogen and oxygen atoms in total. The fraction of sp³-hybridized carbons (Fsp3) is 0.400. The van der Waals surface area contributed by atoms with Gasteiger partial charge in [-0.15, -0.1) is 11.3 Å². The van der Waals surface area contributed by atoms with Gasteiger partial charge in [0.15, 0.2) is 10.6 Å². The lowest BCUT2D eigenvalue weighted by Crippen LogP contribution is -2.48. The van der Waals surface area contributed by atoms with Gasteiger partial charge in [-0.25, -0.2) is 0 Å². The summed E-state index contributed by atoms with van der Waals surface area (Å²) in [5, 5.41) is 0. The number of thiazole rings is 1.